The van der Waals surface area contributed by atoms with Crippen molar-refractivity contribution in [3.63, 3.8) is 0 Å². The summed E-state index contributed by atoms with van der Waals surface area (Å²) in [7, 11) is 0. The first-order valence-electron chi connectivity index (χ1n) is 49.1. The van der Waals surface area contributed by atoms with Crippen LogP contribution in [0.25, 0.3) is 112 Å². The molecule has 0 amide bonds. The lowest BCUT2D eigenvalue weighted by Gasteiger charge is -2.30. The quantitative estimate of drug-likeness (QED) is 0.0803. The number of nitrogen functional groups attached to an aromatic ring is 5. The summed E-state index contributed by atoms with van der Waals surface area (Å²) in [5.74, 6) is 8.18. The molecular weight excluding hydrogens is 1800 g/mol. The van der Waals surface area contributed by atoms with E-state index in [1.807, 2.05) is 43.2 Å². The molecule has 10 aliphatic heterocycles. The molecule has 0 radical (unpaired) electrons. The number of imidazole rings is 5. The molecule has 0 spiro atoms. The molecule has 4 bridgehead atoms. The Morgan fingerprint density at radius 1 is 0.404 bits per heavy atom. The zero-order chi connectivity index (χ0) is 96.6. The summed E-state index contributed by atoms with van der Waals surface area (Å²) in [6, 6.07) is 5.81. The second-order valence-corrected chi connectivity index (χ2v) is 41.0. The van der Waals surface area contributed by atoms with Gasteiger partial charge in [-0.3, -0.25) is 4.98 Å². The second-order valence-electron chi connectivity index (χ2n) is 41.0. The van der Waals surface area contributed by atoms with Crippen molar-refractivity contribution in [2.75, 3.05) is 96.0 Å². The van der Waals surface area contributed by atoms with Gasteiger partial charge in [-0.05, 0) is 170 Å². The van der Waals surface area contributed by atoms with Gasteiger partial charge in [-0.25, -0.2) is 113 Å². The Morgan fingerprint density at radius 2 is 0.844 bits per heavy atom. The highest BCUT2D eigenvalue weighted by molar-refractivity contribution is 5.93. The Labute approximate surface area is 808 Å². The molecule has 42 nitrogen and oxygen atoms in total. The molecule has 0 unspecified atom stereocenters. The summed E-state index contributed by atoms with van der Waals surface area (Å²) < 4.78 is 75.6. The van der Waals surface area contributed by atoms with Crippen molar-refractivity contribution in [3.8, 4) is 62.6 Å². The van der Waals surface area contributed by atoms with Gasteiger partial charge in [0.1, 0.15) is 74.8 Å². The average molecular weight is 1920 g/mol. The van der Waals surface area contributed by atoms with E-state index >= 15 is 0 Å². The van der Waals surface area contributed by atoms with Gasteiger partial charge < -0.3 is 94.6 Å². The standard InChI is InChI=1S/C21H24F2N8O.C20H24N8O.C19H23N7O2.C19H21N7O.C18H20N6O/c1-20(2)18-27-14-16(30-9-11-3-4-21(22,23)13(11)10-30)28-15(12-7-25-19(24)26-8-12)29-17(14)31(18)5-6-32-20;1-20(2)18-24-14-16(27(18)7-8-29-20)25-15(11-9-22-19(21)23-10-11)26-17(14)28-12-3-4-13(28)6-5-12;1-19(2)17-23-13-15(26(17)7-8-27-19)24-14(11-9-21-18(20)22-10-11)25-16(13)28-12-5-3-4-6-12;1-10-17-24-15-6-14(12-7-21-19(20)22-8-12)23-18(16(15)25(17)2-3-27-10)26-9-11-4-13(26)5-11;1-18(2)16-23-15-13(24(16)5-6-25-18)7-12(22-14(15)10-3-4-10)11-8-20-17(19)21-9-11/h7-8,11,13H,3-6,9-10H2,1-2H3,(H2,24,25,26);9-10,12-13H,3-8H2,1-2H3,(H2,21,22,23);9-10,12H,3-8H2,1-2H3,(H2,20,21,22);6-8,10-11,13H,2-5,9H2,1H3,(H2,20,21,22);7-10H,3-6H2,1-2H3,(H2,19,20,21)/t11-,13+;;;10-,11?,13?;/m1..1./s1. The third kappa shape index (κ3) is 16.2. The van der Waals surface area contributed by atoms with Crippen LogP contribution in [0.1, 0.15) is 199 Å². The lowest BCUT2D eigenvalue weighted by atomic mass is 9.86. The lowest BCUT2D eigenvalue weighted by molar-refractivity contribution is -0.0532. The number of ether oxygens (including phenoxy) is 6. The molecular formula is C97H112F2N36O6. The molecule has 15 aromatic rings. The fourth-order valence-corrected chi connectivity index (χ4v) is 22.6. The highest BCUT2D eigenvalue weighted by Gasteiger charge is 2.55. The fourth-order valence-electron chi connectivity index (χ4n) is 22.6. The molecule has 5 saturated heterocycles. The molecule has 15 aromatic heterocycles. The third-order valence-corrected chi connectivity index (χ3v) is 30.0. The molecule has 4 aliphatic carbocycles. The van der Waals surface area contributed by atoms with Crippen LogP contribution in [0.4, 0.5) is 56.0 Å². The molecule has 3 atom stereocenters. The predicted octanol–water partition coefficient (Wildman–Crippen LogP) is 12.1. The van der Waals surface area contributed by atoms with E-state index in [1.54, 1.807) is 62.0 Å². The molecule has 44 heteroatoms. The molecule has 10 N–H and O–H groups in total. The Hall–Kier alpha value is -13.9. The summed E-state index contributed by atoms with van der Waals surface area (Å²) in [5.41, 5.74) is 41.5. The fraction of sp³-hybridized carbons (Fsp3) is 0.515. The van der Waals surface area contributed by atoms with Crippen molar-refractivity contribution in [3.05, 3.63) is 109 Å². The molecule has 25 heterocycles. The van der Waals surface area contributed by atoms with Gasteiger partial charge in [0.15, 0.2) is 68.4 Å². The maximum absolute atomic E-state index is 14.4. The van der Waals surface area contributed by atoms with Crippen molar-refractivity contribution in [1.29, 1.82) is 0 Å². The topological polar surface area (TPSA) is 516 Å². The van der Waals surface area contributed by atoms with Crippen molar-refractivity contribution in [2.45, 2.75) is 250 Å². The summed E-state index contributed by atoms with van der Waals surface area (Å²) in [6.07, 6.45) is 31.6. The first-order chi connectivity index (χ1) is 67.9. The summed E-state index contributed by atoms with van der Waals surface area (Å²) in [4.78, 5) is 111. The molecule has 730 valence electrons. The highest BCUT2D eigenvalue weighted by Crippen LogP contribution is 2.53. The first-order valence-corrected chi connectivity index (χ1v) is 49.1. The number of hydrogen-bond acceptors (Lipinski definition) is 37. The van der Waals surface area contributed by atoms with Gasteiger partial charge in [-0.2, -0.15) is 4.98 Å². The van der Waals surface area contributed by atoms with Crippen LogP contribution in [0.5, 0.6) is 5.88 Å². The highest BCUT2D eigenvalue weighted by atomic mass is 19.3. The van der Waals surface area contributed by atoms with Crippen LogP contribution in [0.3, 0.4) is 0 Å². The second kappa shape index (κ2) is 34.3. The van der Waals surface area contributed by atoms with Crippen molar-refractivity contribution in [1.82, 2.24) is 137 Å². The first kappa shape index (κ1) is 89.8. The summed E-state index contributed by atoms with van der Waals surface area (Å²) in [5, 5.41) is 0. The van der Waals surface area contributed by atoms with Gasteiger partial charge in [-0.1, -0.05) is 0 Å². The maximum Gasteiger partial charge on any atom is 0.252 e. The van der Waals surface area contributed by atoms with E-state index < -0.39 is 28.6 Å². The third-order valence-electron chi connectivity index (χ3n) is 30.0. The monoisotopic (exact) mass is 1910 g/mol. The minimum atomic E-state index is -2.64. The van der Waals surface area contributed by atoms with Gasteiger partial charge in [0.05, 0.1) is 77.8 Å². The van der Waals surface area contributed by atoms with E-state index in [1.165, 1.54) is 64.2 Å². The SMILES string of the molecule is CC1(C)OCCn2c1nc1c(C3CC3)nc(-c3cnc(N)nc3)cc12.CC1(C)OCCn2c1nc1c(N3C4CCC3CC4)nc(-c3cnc(N)nc3)nc12.CC1(C)OCCn2c1nc1c(N3C[C@H]4CCC(F)(F)[C@H]4C3)nc(-c3cnc(N)nc3)nc12.CC1(C)OCCn2c1nc1c(OC3CCCC3)nc(-c3cnc(N)nc3)nc12.C[C@H]1OCCn2c1nc1cc(-c3cnc(N)nc3)nc(N3CC4CC3C4)c12. The van der Waals surface area contributed by atoms with Crippen LogP contribution in [0.2, 0.25) is 0 Å². The number of rotatable bonds is 11. The van der Waals surface area contributed by atoms with E-state index in [9.17, 15) is 8.78 Å². The number of halogens is 2. The van der Waals surface area contributed by atoms with Gasteiger partial charge in [0.2, 0.25) is 35.6 Å². The summed E-state index contributed by atoms with van der Waals surface area (Å²) >= 11 is 0. The van der Waals surface area contributed by atoms with Crippen LogP contribution in [0, 0.1) is 17.8 Å². The lowest BCUT2D eigenvalue weighted by Crippen LogP contribution is -2.33. The number of alkyl halides is 2. The molecule has 4 saturated carbocycles. The van der Waals surface area contributed by atoms with E-state index in [0.717, 1.165) is 158 Å². The number of fused-ring (bicyclic) bond motifs is 19. The Kier molecular flexibility index (Phi) is 21.8. The molecule has 14 aliphatic rings. The number of hydrogen-bond donors (Lipinski definition) is 5. The minimum absolute atomic E-state index is 0.00504. The van der Waals surface area contributed by atoms with Crippen molar-refractivity contribution >= 4 is 103 Å². The van der Waals surface area contributed by atoms with E-state index in [4.69, 9.17) is 117 Å². The van der Waals surface area contributed by atoms with E-state index in [0.29, 0.717) is 140 Å². The number of pyridine rings is 2. The molecule has 141 heavy (non-hydrogen) atoms. The van der Waals surface area contributed by atoms with Crippen LogP contribution in [-0.4, -0.2) is 220 Å². The zero-order valence-electron chi connectivity index (χ0n) is 80.2. The number of nitrogens with two attached hydrogens (primary N) is 5. The van der Waals surface area contributed by atoms with Crippen LogP contribution in [0.15, 0.2) is 74.1 Å². The smallest absolute Gasteiger partial charge is 0.252 e. The van der Waals surface area contributed by atoms with Gasteiger partial charge in [0, 0.05) is 162 Å². The number of nitrogens with zero attached hydrogens (tertiary/aromatic N) is 31. The zero-order valence-corrected chi connectivity index (χ0v) is 80.2. The van der Waals surface area contributed by atoms with Crippen molar-refractivity contribution < 1.29 is 37.2 Å². The van der Waals surface area contributed by atoms with Gasteiger partial charge >= 0.3 is 0 Å². The molecule has 0 aromatic carbocycles. The molecule has 9 fully saturated rings. The largest absolute Gasteiger partial charge is 0.473 e. The summed E-state index contributed by atoms with van der Waals surface area (Å²) in [6.45, 7) is 27.0. The maximum atomic E-state index is 14.4. The van der Waals surface area contributed by atoms with Crippen LogP contribution < -0.4 is 48.1 Å². The number of aromatic nitrogens is 28. The average Bonchev–Trinajstić information content (AvgIpc) is 1.59. The Bertz CT molecular complexity index is 7340. The van der Waals surface area contributed by atoms with E-state index in [2.05, 4.69) is 124 Å². The van der Waals surface area contributed by atoms with Gasteiger partial charge in [-0.15, -0.1) is 0 Å². The van der Waals surface area contributed by atoms with Crippen molar-refractivity contribution in [2.24, 2.45) is 17.8 Å². The Morgan fingerprint density at radius 3 is 1.33 bits per heavy atom. The van der Waals surface area contributed by atoms with Crippen LogP contribution in [-0.2, 0) is 78.8 Å². The molecule has 29 rings (SSSR count). The normalized spacial score (nSPS) is 23.2. The Balaban J connectivity index is 0.0000000956. The number of anilines is 8. The van der Waals surface area contributed by atoms with Gasteiger partial charge in [0.25, 0.3) is 5.92 Å². The van der Waals surface area contributed by atoms with E-state index in [-0.39, 0.29) is 66.4 Å². The van der Waals surface area contributed by atoms with Crippen LogP contribution >= 0.6 is 0 Å². The minimum Gasteiger partial charge on any atom is -0.473 e. The predicted molar refractivity (Wildman–Crippen MR) is 519 cm³/mol.